The number of hydrogen-bond donors (Lipinski definition) is 0. The Balaban J connectivity index is 1.98. The maximum Gasteiger partial charge on any atom is 0.138 e. The highest BCUT2D eigenvalue weighted by Gasteiger charge is 2.04. The minimum atomic E-state index is 0.718. The topological polar surface area (TPSA) is 17.3 Å². The van der Waals surface area contributed by atoms with Gasteiger partial charge in [0.1, 0.15) is 5.65 Å². The molecule has 0 atom stereocenters. The smallest absolute Gasteiger partial charge is 0.138 e. The van der Waals surface area contributed by atoms with E-state index in [0.717, 1.165) is 22.8 Å². The van der Waals surface area contributed by atoms with E-state index >= 15 is 0 Å². The van der Waals surface area contributed by atoms with E-state index in [2.05, 4.69) is 42.4 Å². The van der Waals surface area contributed by atoms with E-state index in [9.17, 15) is 0 Å². The molecule has 0 N–H and O–H groups in total. The van der Waals surface area contributed by atoms with Crippen molar-refractivity contribution in [3.05, 3.63) is 70.6 Å². The molecule has 0 amide bonds. The molecule has 90 valence electrons. The van der Waals surface area contributed by atoms with Crippen LogP contribution in [0.3, 0.4) is 0 Å². The predicted octanol–water partition coefficient (Wildman–Crippen LogP) is 3.89. The van der Waals surface area contributed by atoms with Crippen molar-refractivity contribution in [3.8, 4) is 0 Å². The normalized spacial score (nSPS) is 11.0. The average Bonchev–Trinajstić information content (AvgIpc) is 2.73. The van der Waals surface area contributed by atoms with Crippen LogP contribution in [-0.4, -0.2) is 9.38 Å². The lowest BCUT2D eigenvalue weighted by atomic mass is 10.0. The largest absolute Gasteiger partial charge is 0.307 e. The van der Waals surface area contributed by atoms with E-state index in [0.29, 0.717) is 0 Å². The third-order valence-corrected chi connectivity index (χ3v) is 3.34. The highest BCUT2D eigenvalue weighted by molar-refractivity contribution is 6.30. The lowest BCUT2D eigenvalue weighted by Crippen LogP contribution is -1.91. The molecule has 3 aromatic rings. The molecule has 0 saturated carbocycles. The van der Waals surface area contributed by atoms with Gasteiger partial charge in [-0.2, -0.15) is 0 Å². The molecule has 3 rings (SSSR count). The summed E-state index contributed by atoms with van der Waals surface area (Å²) in [6.07, 6.45) is 4.84. The highest BCUT2D eigenvalue weighted by atomic mass is 35.5. The number of hydrogen-bond acceptors (Lipinski definition) is 1. The number of pyridine rings is 1. The van der Waals surface area contributed by atoms with Crippen LogP contribution in [0.25, 0.3) is 5.65 Å². The maximum atomic E-state index is 5.96. The molecule has 2 heterocycles. The Bertz CT molecular complexity index is 701. The molecular formula is C15H13ClN2. The summed E-state index contributed by atoms with van der Waals surface area (Å²) in [5.41, 5.74) is 4.57. The Labute approximate surface area is 111 Å². The lowest BCUT2D eigenvalue weighted by Gasteiger charge is -2.01. The van der Waals surface area contributed by atoms with Gasteiger partial charge in [0, 0.05) is 23.8 Å². The molecule has 0 aliphatic carbocycles. The van der Waals surface area contributed by atoms with Crippen LogP contribution in [0.1, 0.15) is 16.8 Å². The summed E-state index contributed by atoms with van der Waals surface area (Å²) in [5, 5.41) is 0.718. The van der Waals surface area contributed by atoms with Crippen LogP contribution < -0.4 is 0 Å². The fraction of sp³-hybridized carbons (Fsp3) is 0.133. The molecule has 2 aromatic heterocycles. The number of fused-ring (bicyclic) bond motifs is 1. The number of halogens is 1. The summed E-state index contributed by atoms with van der Waals surface area (Å²) in [5.74, 6) is 0. The molecule has 0 fully saturated rings. The summed E-state index contributed by atoms with van der Waals surface area (Å²) in [6.45, 7) is 2.13. The predicted molar refractivity (Wildman–Crippen MR) is 74.2 cm³/mol. The van der Waals surface area contributed by atoms with Gasteiger partial charge in [-0.3, -0.25) is 0 Å². The molecule has 0 spiro atoms. The summed E-state index contributed by atoms with van der Waals surface area (Å²) in [4.78, 5) is 4.59. The molecule has 18 heavy (non-hydrogen) atoms. The van der Waals surface area contributed by atoms with Gasteiger partial charge in [-0.1, -0.05) is 35.9 Å². The first kappa shape index (κ1) is 11.3. The second kappa shape index (κ2) is 4.46. The fourth-order valence-electron chi connectivity index (χ4n) is 2.10. The van der Waals surface area contributed by atoms with Crippen LogP contribution in [0.15, 0.2) is 48.8 Å². The number of nitrogens with zero attached hydrogens (tertiary/aromatic N) is 2. The first-order chi connectivity index (χ1) is 8.72. The second-order valence-corrected chi connectivity index (χ2v) is 4.88. The van der Waals surface area contributed by atoms with E-state index in [-0.39, 0.29) is 0 Å². The van der Waals surface area contributed by atoms with Gasteiger partial charge < -0.3 is 4.40 Å². The minimum absolute atomic E-state index is 0.718. The lowest BCUT2D eigenvalue weighted by molar-refractivity contribution is 1.09. The Morgan fingerprint density at radius 3 is 2.89 bits per heavy atom. The van der Waals surface area contributed by atoms with Gasteiger partial charge in [0.15, 0.2) is 0 Å². The van der Waals surface area contributed by atoms with Crippen molar-refractivity contribution < 1.29 is 0 Å². The summed E-state index contributed by atoms with van der Waals surface area (Å²) in [6, 6.07) is 12.1. The second-order valence-electron chi connectivity index (χ2n) is 4.45. The van der Waals surface area contributed by atoms with Crippen molar-refractivity contribution >= 4 is 17.2 Å². The molecule has 1 aromatic carbocycles. The van der Waals surface area contributed by atoms with Crippen LogP contribution in [-0.2, 0) is 6.42 Å². The molecule has 0 radical (unpaired) electrons. The van der Waals surface area contributed by atoms with E-state index in [4.69, 9.17) is 11.6 Å². The molecule has 0 aliphatic rings. The van der Waals surface area contributed by atoms with Crippen molar-refractivity contribution in [2.75, 3.05) is 0 Å². The Morgan fingerprint density at radius 1 is 1.22 bits per heavy atom. The van der Waals surface area contributed by atoms with Crippen LogP contribution in [0.4, 0.5) is 0 Å². The first-order valence-electron chi connectivity index (χ1n) is 5.90. The molecule has 0 aliphatic heterocycles. The monoisotopic (exact) mass is 256 g/mol. The molecule has 0 unspecified atom stereocenters. The average molecular weight is 257 g/mol. The summed E-state index contributed by atoms with van der Waals surface area (Å²) in [7, 11) is 0. The van der Waals surface area contributed by atoms with Gasteiger partial charge >= 0.3 is 0 Å². The van der Waals surface area contributed by atoms with Gasteiger partial charge in [0.25, 0.3) is 0 Å². The van der Waals surface area contributed by atoms with Gasteiger partial charge in [0.05, 0.1) is 5.69 Å². The van der Waals surface area contributed by atoms with Crippen molar-refractivity contribution in [1.82, 2.24) is 9.38 Å². The third-order valence-electron chi connectivity index (χ3n) is 3.10. The SMILES string of the molecule is Cc1ccccc1Cc1cn2ccc(Cl)cc2n1. The van der Waals surface area contributed by atoms with Gasteiger partial charge in [0.2, 0.25) is 0 Å². The van der Waals surface area contributed by atoms with Gasteiger partial charge in [-0.15, -0.1) is 0 Å². The minimum Gasteiger partial charge on any atom is -0.307 e. The van der Waals surface area contributed by atoms with E-state index in [1.807, 2.05) is 22.7 Å². The number of aryl methyl sites for hydroxylation is 1. The van der Waals surface area contributed by atoms with Crippen LogP contribution in [0.2, 0.25) is 5.02 Å². The van der Waals surface area contributed by atoms with Gasteiger partial charge in [-0.05, 0) is 30.2 Å². The number of rotatable bonds is 2. The standard InChI is InChI=1S/C15H13ClN2/c1-11-4-2-3-5-12(11)8-14-10-18-7-6-13(16)9-15(18)17-14/h2-7,9-10H,8H2,1H3. The molecule has 3 heteroatoms. The highest BCUT2D eigenvalue weighted by Crippen LogP contribution is 2.16. The van der Waals surface area contributed by atoms with Crippen molar-refractivity contribution in [2.24, 2.45) is 0 Å². The Morgan fingerprint density at radius 2 is 2.06 bits per heavy atom. The van der Waals surface area contributed by atoms with Crippen LogP contribution >= 0.6 is 11.6 Å². The maximum absolute atomic E-state index is 5.96. The summed E-state index contributed by atoms with van der Waals surface area (Å²) < 4.78 is 2.00. The van der Waals surface area contributed by atoms with Crippen molar-refractivity contribution in [2.45, 2.75) is 13.3 Å². The molecule has 0 bridgehead atoms. The third kappa shape index (κ3) is 2.12. The number of benzene rings is 1. The zero-order valence-electron chi connectivity index (χ0n) is 10.1. The quantitative estimate of drug-likeness (QED) is 0.680. The van der Waals surface area contributed by atoms with Crippen LogP contribution in [0.5, 0.6) is 0 Å². The Kier molecular flexibility index (Phi) is 2.80. The van der Waals surface area contributed by atoms with E-state index < -0.39 is 0 Å². The van der Waals surface area contributed by atoms with E-state index in [1.54, 1.807) is 0 Å². The van der Waals surface area contributed by atoms with Crippen molar-refractivity contribution in [1.29, 1.82) is 0 Å². The summed E-state index contributed by atoms with van der Waals surface area (Å²) >= 11 is 5.96. The molecule has 2 nitrogen and oxygen atoms in total. The fourth-order valence-corrected chi connectivity index (χ4v) is 2.25. The molecular weight excluding hydrogens is 244 g/mol. The number of aromatic nitrogens is 2. The first-order valence-corrected chi connectivity index (χ1v) is 6.28. The van der Waals surface area contributed by atoms with Crippen molar-refractivity contribution in [3.63, 3.8) is 0 Å². The molecule has 0 saturated heterocycles. The zero-order valence-corrected chi connectivity index (χ0v) is 10.9. The zero-order chi connectivity index (χ0) is 12.5. The Hall–Kier alpha value is -1.80. The van der Waals surface area contributed by atoms with E-state index in [1.165, 1.54) is 11.1 Å². The van der Waals surface area contributed by atoms with Gasteiger partial charge in [-0.25, -0.2) is 4.98 Å². The van der Waals surface area contributed by atoms with Crippen LogP contribution in [0, 0.1) is 6.92 Å². The number of imidazole rings is 1.